The maximum Gasteiger partial charge on any atom is 0.245 e. The first kappa shape index (κ1) is 25.1. The van der Waals surface area contributed by atoms with Gasteiger partial charge in [-0.05, 0) is 54.9 Å². The van der Waals surface area contributed by atoms with Gasteiger partial charge in [0.05, 0.1) is 11.6 Å². The van der Waals surface area contributed by atoms with Crippen LogP contribution in [0.3, 0.4) is 0 Å². The number of carbonyl (C=O) groups excluding carboxylic acids is 3. The third-order valence-electron chi connectivity index (χ3n) is 8.28. The van der Waals surface area contributed by atoms with Gasteiger partial charge in [0.1, 0.15) is 18.1 Å². The van der Waals surface area contributed by atoms with Crippen LogP contribution in [0.5, 0.6) is 0 Å². The molecule has 8 nitrogen and oxygen atoms in total. The molecule has 6 rings (SSSR count). The topological polar surface area (TPSA) is 98.1 Å². The molecule has 8 heteroatoms. The van der Waals surface area contributed by atoms with Crippen LogP contribution in [0.2, 0.25) is 0 Å². The van der Waals surface area contributed by atoms with Gasteiger partial charge in [-0.3, -0.25) is 19.1 Å². The predicted octanol–water partition coefficient (Wildman–Crippen LogP) is 4.59. The molecule has 2 aromatic carbocycles. The molecule has 1 amide bonds. The molecule has 1 saturated heterocycles. The molecule has 0 unspecified atom stereocenters. The molecular weight excluding hydrogens is 490 g/mol. The normalized spacial score (nSPS) is 21.7. The lowest BCUT2D eigenvalue weighted by Gasteiger charge is -2.27. The summed E-state index contributed by atoms with van der Waals surface area (Å²) in [6.07, 6.45) is 6.20. The van der Waals surface area contributed by atoms with Gasteiger partial charge < -0.3 is 4.90 Å². The average molecular weight is 522 g/mol. The smallest absolute Gasteiger partial charge is 0.245 e. The Morgan fingerprint density at radius 3 is 2.46 bits per heavy atom. The van der Waals surface area contributed by atoms with Gasteiger partial charge in [0.15, 0.2) is 11.6 Å². The molecule has 1 aliphatic heterocycles. The Hall–Kier alpha value is -4.20. The molecule has 2 fully saturated rings. The number of hydrogen-bond acceptors (Lipinski definition) is 6. The number of likely N-dealkylation sites (tertiary alicyclic amines) is 1. The van der Waals surface area contributed by atoms with E-state index < -0.39 is 6.04 Å². The fraction of sp³-hybridized carbons (Fsp3) is 0.355. The summed E-state index contributed by atoms with van der Waals surface area (Å²) in [4.78, 5) is 49.9. The first-order valence-electron chi connectivity index (χ1n) is 13.4. The Labute approximate surface area is 227 Å². The first-order chi connectivity index (χ1) is 18.7. The molecule has 3 atom stereocenters. The van der Waals surface area contributed by atoms with Gasteiger partial charge in [-0.25, -0.2) is 9.97 Å². The molecule has 0 radical (unpaired) electrons. The van der Waals surface area contributed by atoms with Crippen molar-refractivity contribution in [1.82, 2.24) is 24.6 Å². The maximum atomic E-state index is 13.7. The zero-order valence-corrected chi connectivity index (χ0v) is 22.4. The summed E-state index contributed by atoms with van der Waals surface area (Å²) in [5, 5.41) is 5.24. The lowest BCUT2D eigenvalue weighted by atomic mass is 9.96. The molecule has 198 valence electrons. The van der Waals surface area contributed by atoms with Crippen molar-refractivity contribution in [3.05, 3.63) is 78.0 Å². The summed E-state index contributed by atoms with van der Waals surface area (Å²) in [5.74, 6) is 0.490. The highest BCUT2D eigenvalue weighted by Gasteiger charge is 2.64. The van der Waals surface area contributed by atoms with E-state index in [9.17, 15) is 14.4 Å². The van der Waals surface area contributed by atoms with Crippen LogP contribution in [-0.2, 0) is 22.6 Å². The number of nitrogens with zero attached hydrogens (tertiary/aromatic N) is 5. The van der Waals surface area contributed by atoms with Crippen LogP contribution in [-0.4, -0.2) is 54.2 Å². The number of aryl methyl sites for hydroxylation is 2. The highest BCUT2D eigenvalue weighted by atomic mass is 16.2. The quantitative estimate of drug-likeness (QED) is 0.315. The van der Waals surface area contributed by atoms with Crippen LogP contribution in [0.25, 0.3) is 22.0 Å². The molecule has 0 spiro atoms. The number of amides is 1. The van der Waals surface area contributed by atoms with E-state index >= 15 is 0 Å². The number of aromatic nitrogens is 4. The van der Waals surface area contributed by atoms with Gasteiger partial charge in [0.2, 0.25) is 5.91 Å². The molecule has 1 aliphatic carbocycles. The van der Waals surface area contributed by atoms with Gasteiger partial charge in [-0.1, -0.05) is 43.3 Å². The molecule has 39 heavy (non-hydrogen) atoms. The zero-order valence-electron chi connectivity index (χ0n) is 22.4. The van der Waals surface area contributed by atoms with Crippen molar-refractivity contribution >= 4 is 28.4 Å². The van der Waals surface area contributed by atoms with Crippen molar-refractivity contribution in [3.8, 4) is 11.1 Å². The van der Waals surface area contributed by atoms with E-state index in [-0.39, 0.29) is 35.5 Å². The standard InChI is InChI=1S/C31H31N5O3/c1-19(37)30-24-13-22(23-16-32-20(2)33-17-23)10-11-25(24)35(34-30)18-29(39)36-26(14-31(3)15-28(31)36)27(38)12-9-21-7-5-4-6-8-21/h4-8,10-11,13,16-17,26,28H,9,12,14-15,18H2,1-3H3/t26-,28+,31-/m0/s1. The molecule has 2 aliphatic rings. The fourth-order valence-corrected chi connectivity index (χ4v) is 5.98. The van der Waals surface area contributed by atoms with Crippen LogP contribution in [0.4, 0.5) is 0 Å². The molecular formula is C31H31N5O3. The van der Waals surface area contributed by atoms with Crippen molar-refractivity contribution in [2.75, 3.05) is 0 Å². The van der Waals surface area contributed by atoms with E-state index in [0.29, 0.717) is 41.7 Å². The largest absolute Gasteiger partial charge is 0.327 e. The highest BCUT2D eigenvalue weighted by Crippen LogP contribution is 2.59. The highest BCUT2D eigenvalue weighted by molar-refractivity contribution is 6.06. The molecule has 0 bridgehead atoms. The summed E-state index contributed by atoms with van der Waals surface area (Å²) in [5.41, 5.74) is 3.85. The van der Waals surface area contributed by atoms with Crippen LogP contribution in [0.15, 0.2) is 60.9 Å². The second-order valence-corrected chi connectivity index (χ2v) is 11.2. The number of carbonyl (C=O) groups is 3. The van der Waals surface area contributed by atoms with Crippen molar-refractivity contribution in [2.24, 2.45) is 5.41 Å². The van der Waals surface area contributed by atoms with Crippen molar-refractivity contribution in [1.29, 1.82) is 0 Å². The van der Waals surface area contributed by atoms with E-state index in [1.807, 2.05) is 60.4 Å². The van der Waals surface area contributed by atoms with Crippen LogP contribution in [0.1, 0.15) is 55.0 Å². The minimum Gasteiger partial charge on any atom is -0.327 e. The SMILES string of the molecule is CC(=O)c1nn(CC(=O)N2[C@H](C(=O)CCc3ccccc3)C[C@@]3(C)C[C@@H]23)c2ccc(-c3cnc(C)nc3)cc12. The van der Waals surface area contributed by atoms with Gasteiger partial charge in [-0.15, -0.1) is 0 Å². The van der Waals surface area contributed by atoms with Crippen molar-refractivity contribution in [2.45, 2.75) is 65.1 Å². The van der Waals surface area contributed by atoms with Gasteiger partial charge >= 0.3 is 0 Å². The van der Waals surface area contributed by atoms with Gasteiger partial charge in [0.25, 0.3) is 0 Å². The summed E-state index contributed by atoms with van der Waals surface area (Å²) >= 11 is 0. The van der Waals surface area contributed by atoms with E-state index in [1.54, 1.807) is 17.1 Å². The number of benzene rings is 2. The van der Waals surface area contributed by atoms with Crippen LogP contribution < -0.4 is 0 Å². The van der Waals surface area contributed by atoms with Crippen LogP contribution in [0, 0.1) is 12.3 Å². The van der Waals surface area contributed by atoms with Crippen molar-refractivity contribution in [3.63, 3.8) is 0 Å². The number of fused-ring (bicyclic) bond motifs is 2. The maximum absolute atomic E-state index is 13.7. The number of piperidine rings is 1. The average Bonchev–Trinajstić information content (AvgIpc) is 3.30. The van der Waals surface area contributed by atoms with E-state index in [0.717, 1.165) is 23.1 Å². The molecule has 2 aromatic heterocycles. The second kappa shape index (κ2) is 9.52. The Balaban J connectivity index is 1.26. The lowest BCUT2D eigenvalue weighted by Crippen LogP contribution is -2.44. The third kappa shape index (κ3) is 4.64. The Kier molecular flexibility index (Phi) is 6.13. The number of ketones is 2. The number of Topliss-reactive ketones (excluding diaryl/α,β-unsaturated/α-hetero) is 2. The summed E-state index contributed by atoms with van der Waals surface area (Å²) in [6, 6.07) is 15.3. The van der Waals surface area contributed by atoms with Gasteiger partial charge in [0, 0.05) is 42.7 Å². The van der Waals surface area contributed by atoms with E-state index in [2.05, 4.69) is 22.0 Å². The minimum absolute atomic E-state index is 0.00444. The number of hydrogen-bond donors (Lipinski definition) is 0. The molecule has 3 heterocycles. The monoisotopic (exact) mass is 521 g/mol. The molecule has 4 aromatic rings. The fourth-order valence-electron chi connectivity index (χ4n) is 5.98. The van der Waals surface area contributed by atoms with E-state index in [1.165, 1.54) is 6.92 Å². The Morgan fingerprint density at radius 2 is 1.74 bits per heavy atom. The second-order valence-electron chi connectivity index (χ2n) is 11.2. The zero-order chi connectivity index (χ0) is 27.3. The number of rotatable bonds is 8. The molecule has 0 N–H and O–H groups in total. The Bertz CT molecular complexity index is 1590. The lowest BCUT2D eigenvalue weighted by molar-refractivity contribution is -0.139. The van der Waals surface area contributed by atoms with E-state index in [4.69, 9.17) is 0 Å². The van der Waals surface area contributed by atoms with Crippen molar-refractivity contribution < 1.29 is 14.4 Å². The summed E-state index contributed by atoms with van der Waals surface area (Å²) in [6.45, 7) is 5.45. The predicted molar refractivity (Wildman–Crippen MR) is 147 cm³/mol. The Morgan fingerprint density at radius 1 is 1.00 bits per heavy atom. The first-order valence-corrected chi connectivity index (χ1v) is 13.4. The minimum atomic E-state index is -0.410. The van der Waals surface area contributed by atoms with Crippen LogP contribution >= 0.6 is 0 Å². The summed E-state index contributed by atoms with van der Waals surface area (Å²) in [7, 11) is 0. The molecule has 1 saturated carbocycles. The summed E-state index contributed by atoms with van der Waals surface area (Å²) < 4.78 is 1.60. The van der Waals surface area contributed by atoms with Gasteiger partial charge in [-0.2, -0.15) is 5.10 Å². The third-order valence-corrected chi connectivity index (χ3v) is 8.28.